The van der Waals surface area contributed by atoms with Crippen molar-refractivity contribution in [1.29, 1.82) is 0 Å². The average Bonchev–Trinajstić information content (AvgIpc) is 3.35. The largest absolute Gasteiger partial charge is 0.494 e. The molecule has 1 saturated heterocycles. The molecule has 7 nitrogen and oxygen atoms in total. The van der Waals surface area contributed by atoms with Crippen molar-refractivity contribution < 1.29 is 4.74 Å². The summed E-state index contributed by atoms with van der Waals surface area (Å²) >= 11 is 0. The standard InChI is InChI=1S/C29H30N6O/c1-36-26-9-5-8-25-27(26)32-29(30)35-20-23(31-28(25)35)18-21-10-12-22(13-11-21)19-33-14-16-34(17-15-33)24-6-3-2-4-7-24/h2-13,20H,14-19H2,1H3,(H2,30,32). The molecule has 6 rings (SSSR count). The Hall–Kier alpha value is -4.10. The average molecular weight is 479 g/mol. The SMILES string of the molecule is COc1cccc2c1nc(N)n1cc(Cc3ccc(CN4CCN(c5ccccc5)CC4)cc3)nc21. The molecule has 3 heterocycles. The van der Waals surface area contributed by atoms with Crippen LogP contribution in [0.25, 0.3) is 16.6 Å². The fraction of sp³-hybridized carbons (Fsp3) is 0.241. The summed E-state index contributed by atoms with van der Waals surface area (Å²) in [6.07, 6.45) is 2.72. The Morgan fingerprint density at radius 3 is 2.33 bits per heavy atom. The maximum Gasteiger partial charge on any atom is 0.206 e. The molecule has 0 bridgehead atoms. The predicted molar refractivity (Wildman–Crippen MR) is 145 cm³/mol. The Balaban J connectivity index is 1.13. The topological polar surface area (TPSA) is 71.9 Å². The number of fused-ring (bicyclic) bond motifs is 3. The Morgan fingerprint density at radius 1 is 0.833 bits per heavy atom. The lowest BCUT2D eigenvalue weighted by molar-refractivity contribution is 0.250. The number of nitrogen functional groups attached to an aromatic ring is 1. The first-order valence-corrected chi connectivity index (χ1v) is 12.4. The van der Waals surface area contributed by atoms with Crippen LogP contribution in [0.3, 0.4) is 0 Å². The number of methoxy groups -OCH3 is 1. The smallest absolute Gasteiger partial charge is 0.206 e. The second-order valence-corrected chi connectivity index (χ2v) is 9.34. The lowest BCUT2D eigenvalue weighted by Gasteiger charge is -2.36. The van der Waals surface area contributed by atoms with Gasteiger partial charge >= 0.3 is 0 Å². The second-order valence-electron chi connectivity index (χ2n) is 9.34. The summed E-state index contributed by atoms with van der Waals surface area (Å²) in [6, 6.07) is 25.4. The van der Waals surface area contributed by atoms with Gasteiger partial charge in [-0.05, 0) is 35.4 Å². The van der Waals surface area contributed by atoms with Crippen LogP contribution in [0.5, 0.6) is 5.75 Å². The van der Waals surface area contributed by atoms with Crippen LogP contribution in [0.4, 0.5) is 11.6 Å². The van der Waals surface area contributed by atoms with Gasteiger partial charge in [-0.2, -0.15) is 0 Å². The molecule has 0 amide bonds. The zero-order valence-electron chi connectivity index (χ0n) is 20.5. The van der Waals surface area contributed by atoms with Crippen LogP contribution in [0.1, 0.15) is 16.8 Å². The van der Waals surface area contributed by atoms with Crippen molar-refractivity contribution in [3.8, 4) is 5.75 Å². The number of imidazole rings is 1. The zero-order chi connectivity index (χ0) is 24.5. The minimum atomic E-state index is 0.406. The third-order valence-corrected chi connectivity index (χ3v) is 7.00. The van der Waals surface area contributed by atoms with E-state index in [4.69, 9.17) is 15.5 Å². The Kier molecular flexibility index (Phi) is 5.91. The monoisotopic (exact) mass is 478 g/mol. The number of nitrogens with two attached hydrogens (primary N) is 1. The quantitative estimate of drug-likeness (QED) is 0.390. The van der Waals surface area contributed by atoms with E-state index in [1.807, 2.05) is 28.8 Å². The van der Waals surface area contributed by atoms with E-state index in [2.05, 4.69) is 69.4 Å². The number of piperazine rings is 1. The molecule has 0 unspecified atom stereocenters. The molecular formula is C29H30N6O. The van der Waals surface area contributed by atoms with Crippen molar-refractivity contribution in [2.45, 2.75) is 13.0 Å². The highest BCUT2D eigenvalue weighted by atomic mass is 16.5. The van der Waals surface area contributed by atoms with Crippen LogP contribution in [-0.2, 0) is 13.0 Å². The molecule has 0 saturated carbocycles. The van der Waals surface area contributed by atoms with Gasteiger partial charge in [0.1, 0.15) is 16.9 Å². The molecule has 2 N–H and O–H groups in total. The number of rotatable bonds is 6. The molecule has 5 aromatic rings. The lowest BCUT2D eigenvalue weighted by Crippen LogP contribution is -2.45. The van der Waals surface area contributed by atoms with Crippen molar-refractivity contribution in [2.24, 2.45) is 0 Å². The van der Waals surface area contributed by atoms with Crippen LogP contribution in [0, 0.1) is 0 Å². The first kappa shape index (κ1) is 22.4. The minimum absolute atomic E-state index is 0.406. The van der Waals surface area contributed by atoms with Crippen molar-refractivity contribution >= 4 is 28.2 Å². The van der Waals surface area contributed by atoms with Crippen molar-refractivity contribution in [3.63, 3.8) is 0 Å². The molecule has 36 heavy (non-hydrogen) atoms. The zero-order valence-corrected chi connectivity index (χ0v) is 20.5. The number of ether oxygens (including phenoxy) is 1. The normalized spacial score (nSPS) is 14.5. The summed E-state index contributed by atoms with van der Waals surface area (Å²) < 4.78 is 7.33. The predicted octanol–water partition coefficient (Wildman–Crippen LogP) is 4.39. The van der Waals surface area contributed by atoms with Crippen LogP contribution < -0.4 is 15.4 Å². The summed E-state index contributed by atoms with van der Waals surface area (Å²) in [5.41, 5.74) is 12.6. The molecule has 1 fully saturated rings. The summed E-state index contributed by atoms with van der Waals surface area (Å²) in [6.45, 7) is 5.26. The van der Waals surface area contributed by atoms with Gasteiger partial charge < -0.3 is 15.4 Å². The van der Waals surface area contributed by atoms with Gasteiger partial charge in [-0.15, -0.1) is 0 Å². The Labute approximate surface area is 210 Å². The number of para-hydroxylation sites is 2. The number of benzene rings is 3. The van der Waals surface area contributed by atoms with Crippen LogP contribution in [-0.4, -0.2) is 52.6 Å². The number of hydrogen-bond donors (Lipinski definition) is 1. The lowest BCUT2D eigenvalue weighted by atomic mass is 10.1. The molecule has 0 aliphatic carbocycles. The highest BCUT2D eigenvalue weighted by Gasteiger charge is 2.17. The fourth-order valence-electron chi connectivity index (χ4n) is 5.06. The van der Waals surface area contributed by atoms with Gasteiger partial charge in [-0.1, -0.05) is 48.5 Å². The van der Waals surface area contributed by atoms with E-state index in [0.29, 0.717) is 11.7 Å². The molecule has 1 aliphatic heterocycles. The van der Waals surface area contributed by atoms with Crippen LogP contribution in [0.2, 0.25) is 0 Å². The molecule has 182 valence electrons. The number of nitrogens with zero attached hydrogens (tertiary/aromatic N) is 5. The highest BCUT2D eigenvalue weighted by molar-refractivity contribution is 5.96. The Morgan fingerprint density at radius 2 is 1.58 bits per heavy atom. The van der Waals surface area contributed by atoms with Gasteiger partial charge in [0, 0.05) is 56.4 Å². The molecule has 0 spiro atoms. The first-order valence-electron chi connectivity index (χ1n) is 12.4. The van der Waals surface area contributed by atoms with Crippen molar-refractivity contribution in [1.82, 2.24) is 19.3 Å². The minimum Gasteiger partial charge on any atom is -0.494 e. The molecule has 0 atom stereocenters. The maximum atomic E-state index is 6.25. The van der Waals surface area contributed by atoms with Gasteiger partial charge in [0.15, 0.2) is 0 Å². The molecule has 7 heteroatoms. The summed E-state index contributed by atoms with van der Waals surface area (Å²) in [5, 5.41) is 0.928. The van der Waals surface area contributed by atoms with Gasteiger partial charge in [-0.25, -0.2) is 9.97 Å². The number of hydrogen-bond acceptors (Lipinski definition) is 6. The first-order chi connectivity index (χ1) is 17.7. The van der Waals surface area contributed by atoms with E-state index in [-0.39, 0.29) is 0 Å². The van der Waals surface area contributed by atoms with E-state index in [0.717, 1.165) is 61.4 Å². The van der Waals surface area contributed by atoms with Gasteiger partial charge in [0.05, 0.1) is 12.8 Å². The number of anilines is 2. The second kappa shape index (κ2) is 9.51. The maximum absolute atomic E-state index is 6.25. The molecule has 0 radical (unpaired) electrons. The summed E-state index contributed by atoms with van der Waals surface area (Å²) in [4.78, 5) is 14.4. The van der Waals surface area contributed by atoms with Crippen LogP contribution >= 0.6 is 0 Å². The summed E-state index contributed by atoms with van der Waals surface area (Å²) in [5.74, 6) is 1.10. The van der Waals surface area contributed by atoms with E-state index < -0.39 is 0 Å². The van der Waals surface area contributed by atoms with Gasteiger partial charge in [0.2, 0.25) is 5.95 Å². The third-order valence-electron chi connectivity index (χ3n) is 7.00. The number of aromatic nitrogens is 3. The highest BCUT2D eigenvalue weighted by Crippen LogP contribution is 2.28. The molecular weight excluding hydrogens is 448 g/mol. The molecule has 1 aliphatic rings. The van der Waals surface area contributed by atoms with Gasteiger partial charge in [0.25, 0.3) is 0 Å². The van der Waals surface area contributed by atoms with E-state index in [9.17, 15) is 0 Å². The summed E-state index contributed by atoms with van der Waals surface area (Å²) in [7, 11) is 1.64. The van der Waals surface area contributed by atoms with E-state index in [1.165, 1.54) is 16.8 Å². The Bertz CT molecular complexity index is 1490. The van der Waals surface area contributed by atoms with E-state index in [1.54, 1.807) is 7.11 Å². The molecule has 3 aromatic carbocycles. The van der Waals surface area contributed by atoms with Crippen LogP contribution in [0.15, 0.2) is 79.0 Å². The van der Waals surface area contributed by atoms with Crippen molar-refractivity contribution in [2.75, 3.05) is 43.9 Å². The van der Waals surface area contributed by atoms with Gasteiger partial charge in [-0.3, -0.25) is 9.30 Å². The van der Waals surface area contributed by atoms with Crippen molar-refractivity contribution in [3.05, 3.63) is 95.8 Å². The fourth-order valence-corrected chi connectivity index (χ4v) is 5.06. The molecule has 2 aromatic heterocycles. The van der Waals surface area contributed by atoms with E-state index >= 15 is 0 Å². The third kappa shape index (κ3) is 4.33.